The van der Waals surface area contributed by atoms with Crippen LogP contribution in [0.25, 0.3) is 0 Å². The van der Waals surface area contributed by atoms with Gasteiger partial charge in [0.2, 0.25) is 5.91 Å². The van der Waals surface area contributed by atoms with Gasteiger partial charge < -0.3 is 10.4 Å². The van der Waals surface area contributed by atoms with E-state index in [9.17, 15) is 9.59 Å². The second-order valence-corrected chi connectivity index (χ2v) is 4.85. The molecule has 0 aromatic rings. The Morgan fingerprint density at radius 1 is 1.18 bits per heavy atom. The van der Waals surface area contributed by atoms with Gasteiger partial charge in [-0.1, -0.05) is 39.0 Å². The number of hydrogen-bond donors (Lipinski definition) is 2. The van der Waals surface area contributed by atoms with Crippen molar-refractivity contribution in [2.45, 2.75) is 64.3 Å². The first-order valence-electron chi connectivity index (χ1n) is 6.68. The summed E-state index contributed by atoms with van der Waals surface area (Å²) in [5, 5.41) is 11.6. The summed E-state index contributed by atoms with van der Waals surface area (Å²) in [6.45, 7) is 1.77. The second-order valence-electron chi connectivity index (χ2n) is 4.85. The predicted octanol–water partition coefficient (Wildman–Crippen LogP) is 2.33. The van der Waals surface area contributed by atoms with Gasteiger partial charge in [0.05, 0.1) is 0 Å². The van der Waals surface area contributed by atoms with Crippen molar-refractivity contribution in [2.24, 2.45) is 5.92 Å². The van der Waals surface area contributed by atoms with E-state index < -0.39 is 12.0 Å². The fraction of sp³-hybridized carbons (Fsp3) is 0.846. The van der Waals surface area contributed by atoms with Crippen LogP contribution in [0.4, 0.5) is 0 Å². The van der Waals surface area contributed by atoms with Crippen LogP contribution in [0, 0.1) is 5.92 Å². The maximum absolute atomic E-state index is 12.0. The highest BCUT2D eigenvalue weighted by Gasteiger charge is 2.24. The van der Waals surface area contributed by atoms with E-state index in [2.05, 4.69) is 5.32 Å². The minimum Gasteiger partial charge on any atom is -0.480 e. The molecule has 0 heterocycles. The van der Waals surface area contributed by atoms with E-state index in [-0.39, 0.29) is 11.8 Å². The average Bonchev–Trinajstić information content (AvgIpc) is 2.24. The molecule has 98 valence electrons. The van der Waals surface area contributed by atoms with Crippen molar-refractivity contribution < 1.29 is 14.7 Å². The van der Waals surface area contributed by atoms with Crippen molar-refractivity contribution in [1.82, 2.24) is 5.32 Å². The minimum absolute atomic E-state index is 0.0173. The van der Waals surface area contributed by atoms with Crippen LogP contribution in [-0.2, 0) is 9.59 Å². The van der Waals surface area contributed by atoms with E-state index in [0.717, 1.165) is 25.7 Å². The summed E-state index contributed by atoms with van der Waals surface area (Å²) in [7, 11) is 0. The Labute approximate surface area is 103 Å². The first-order valence-corrected chi connectivity index (χ1v) is 6.68. The molecular weight excluding hydrogens is 218 g/mol. The summed E-state index contributed by atoms with van der Waals surface area (Å²) in [5.41, 5.74) is 0. The van der Waals surface area contributed by atoms with Crippen LogP contribution >= 0.6 is 0 Å². The third kappa shape index (κ3) is 4.75. The molecule has 0 unspecified atom stereocenters. The fourth-order valence-electron chi connectivity index (χ4n) is 2.35. The molecule has 1 amide bonds. The number of nitrogens with one attached hydrogen (secondary N) is 1. The molecule has 1 atom stereocenters. The van der Waals surface area contributed by atoms with Crippen LogP contribution in [0.2, 0.25) is 0 Å². The van der Waals surface area contributed by atoms with Crippen LogP contribution in [-0.4, -0.2) is 23.0 Å². The largest absolute Gasteiger partial charge is 0.480 e. The van der Waals surface area contributed by atoms with E-state index in [1.165, 1.54) is 19.3 Å². The van der Waals surface area contributed by atoms with Gasteiger partial charge in [-0.15, -0.1) is 0 Å². The molecule has 0 aromatic carbocycles. The summed E-state index contributed by atoms with van der Waals surface area (Å²) in [6.07, 6.45) is 8.07. The standard InChI is InChI=1S/C13H23NO3/c1-2-11(13(16)17)14-12(15)10-8-6-4-3-5-7-9-10/h10-11H,2-9H2,1H3,(H,14,15)(H,16,17)/t11-/m1/s1. The quantitative estimate of drug-likeness (QED) is 0.793. The Morgan fingerprint density at radius 3 is 2.18 bits per heavy atom. The molecule has 0 aromatic heterocycles. The Kier molecular flexibility index (Phi) is 6.01. The van der Waals surface area contributed by atoms with Gasteiger partial charge in [-0.05, 0) is 19.3 Å². The number of amides is 1. The predicted molar refractivity (Wildman–Crippen MR) is 65.7 cm³/mol. The average molecular weight is 241 g/mol. The molecule has 1 aliphatic carbocycles. The molecule has 1 rings (SSSR count). The topological polar surface area (TPSA) is 66.4 Å². The lowest BCUT2D eigenvalue weighted by Gasteiger charge is -2.21. The first kappa shape index (κ1) is 14.0. The van der Waals surface area contributed by atoms with Crippen molar-refractivity contribution in [3.8, 4) is 0 Å². The van der Waals surface area contributed by atoms with Crippen LogP contribution < -0.4 is 5.32 Å². The smallest absolute Gasteiger partial charge is 0.326 e. The SMILES string of the molecule is CC[C@@H](NC(=O)C1CCCCCCC1)C(=O)O. The van der Waals surface area contributed by atoms with Crippen molar-refractivity contribution >= 4 is 11.9 Å². The minimum atomic E-state index is -0.938. The Balaban J connectivity index is 2.46. The van der Waals surface area contributed by atoms with Gasteiger partial charge in [0.25, 0.3) is 0 Å². The molecule has 1 saturated carbocycles. The first-order chi connectivity index (χ1) is 8.15. The molecule has 4 heteroatoms. The van der Waals surface area contributed by atoms with Gasteiger partial charge in [-0.3, -0.25) is 4.79 Å². The third-order valence-electron chi connectivity index (χ3n) is 3.50. The number of carboxylic acid groups (broad SMARTS) is 1. The summed E-state index contributed by atoms with van der Waals surface area (Å²) >= 11 is 0. The Bertz CT molecular complexity index is 257. The number of rotatable bonds is 4. The zero-order valence-electron chi connectivity index (χ0n) is 10.6. The third-order valence-corrected chi connectivity index (χ3v) is 3.50. The highest BCUT2D eigenvalue weighted by Crippen LogP contribution is 2.22. The van der Waals surface area contributed by atoms with Crippen molar-refractivity contribution in [3.63, 3.8) is 0 Å². The number of aliphatic carboxylic acids is 1. The lowest BCUT2D eigenvalue weighted by Crippen LogP contribution is -2.43. The van der Waals surface area contributed by atoms with Crippen LogP contribution in [0.5, 0.6) is 0 Å². The second kappa shape index (κ2) is 7.30. The number of carbonyl (C=O) groups excluding carboxylic acids is 1. The zero-order chi connectivity index (χ0) is 12.7. The molecule has 1 fully saturated rings. The van der Waals surface area contributed by atoms with Crippen molar-refractivity contribution in [1.29, 1.82) is 0 Å². The maximum Gasteiger partial charge on any atom is 0.326 e. The normalized spacial score (nSPS) is 20.1. The van der Waals surface area contributed by atoms with E-state index in [1.54, 1.807) is 6.92 Å². The lowest BCUT2D eigenvalue weighted by molar-refractivity contribution is -0.142. The zero-order valence-corrected chi connectivity index (χ0v) is 10.6. The maximum atomic E-state index is 12.0. The Hall–Kier alpha value is -1.06. The monoisotopic (exact) mass is 241 g/mol. The van der Waals surface area contributed by atoms with Gasteiger partial charge >= 0.3 is 5.97 Å². The summed E-state index contributed by atoms with van der Waals surface area (Å²) in [4.78, 5) is 22.8. The van der Waals surface area contributed by atoms with Crippen LogP contribution in [0.15, 0.2) is 0 Å². The molecule has 1 aliphatic rings. The van der Waals surface area contributed by atoms with Gasteiger partial charge in [0.15, 0.2) is 0 Å². The van der Waals surface area contributed by atoms with Crippen molar-refractivity contribution in [2.75, 3.05) is 0 Å². The lowest BCUT2D eigenvalue weighted by atomic mass is 9.90. The molecule has 2 N–H and O–H groups in total. The number of carbonyl (C=O) groups is 2. The van der Waals surface area contributed by atoms with Crippen LogP contribution in [0.1, 0.15) is 58.3 Å². The molecule has 0 bridgehead atoms. The van der Waals surface area contributed by atoms with Crippen LogP contribution in [0.3, 0.4) is 0 Å². The van der Waals surface area contributed by atoms with Gasteiger partial charge in [-0.2, -0.15) is 0 Å². The highest BCUT2D eigenvalue weighted by atomic mass is 16.4. The number of carboxylic acids is 1. The summed E-state index contributed by atoms with van der Waals surface area (Å²) < 4.78 is 0. The summed E-state index contributed by atoms with van der Waals surface area (Å²) in [5.74, 6) is -0.989. The summed E-state index contributed by atoms with van der Waals surface area (Å²) in [6, 6.07) is -0.729. The van der Waals surface area contributed by atoms with Gasteiger partial charge in [0.1, 0.15) is 6.04 Å². The fourth-order valence-corrected chi connectivity index (χ4v) is 2.35. The van der Waals surface area contributed by atoms with Crippen molar-refractivity contribution in [3.05, 3.63) is 0 Å². The Morgan fingerprint density at radius 2 is 1.71 bits per heavy atom. The van der Waals surface area contributed by atoms with Gasteiger partial charge in [0, 0.05) is 5.92 Å². The van der Waals surface area contributed by atoms with E-state index in [1.807, 2.05) is 0 Å². The van der Waals surface area contributed by atoms with E-state index >= 15 is 0 Å². The molecule has 4 nitrogen and oxygen atoms in total. The number of hydrogen-bond acceptors (Lipinski definition) is 2. The molecule has 0 spiro atoms. The molecule has 17 heavy (non-hydrogen) atoms. The molecule has 0 aliphatic heterocycles. The molecular formula is C13H23NO3. The van der Waals surface area contributed by atoms with E-state index in [4.69, 9.17) is 5.11 Å². The molecule has 0 radical (unpaired) electrons. The van der Waals surface area contributed by atoms with Gasteiger partial charge in [-0.25, -0.2) is 4.79 Å². The highest BCUT2D eigenvalue weighted by molar-refractivity contribution is 5.84. The molecule has 0 saturated heterocycles. The van der Waals surface area contributed by atoms with E-state index in [0.29, 0.717) is 6.42 Å².